The van der Waals surface area contributed by atoms with E-state index >= 15 is 0 Å². The largest absolute Gasteiger partial charge is 0.381 e. The molecule has 2 aromatic heterocycles. The lowest BCUT2D eigenvalue weighted by molar-refractivity contribution is -0.147. The number of hydrogen-bond donors (Lipinski definition) is 2. The van der Waals surface area contributed by atoms with Crippen molar-refractivity contribution in [1.82, 2.24) is 20.2 Å². The van der Waals surface area contributed by atoms with Crippen LogP contribution in [-0.2, 0) is 27.2 Å². The highest BCUT2D eigenvalue weighted by Gasteiger charge is 2.39. The van der Waals surface area contributed by atoms with Crippen molar-refractivity contribution in [3.8, 4) is 11.1 Å². The lowest BCUT2D eigenvalue weighted by atomic mass is 9.80. The van der Waals surface area contributed by atoms with Crippen molar-refractivity contribution in [2.75, 3.05) is 39.5 Å². The van der Waals surface area contributed by atoms with Crippen LogP contribution in [-0.4, -0.2) is 60.3 Å². The second-order valence-corrected chi connectivity index (χ2v) is 10.5. The Labute approximate surface area is 206 Å². The van der Waals surface area contributed by atoms with Crippen LogP contribution in [0.3, 0.4) is 0 Å². The molecule has 0 radical (unpaired) electrons. The highest BCUT2D eigenvalue weighted by atomic mass is 16.5. The van der Waals surface area contributed by atoms with E-state index in [1.807, 2.05) is 12.4 Å². The number of ether oxygens (including phenoxy) is 2. The number of carbonyl (C=O) groups excluding carboxylic acids is 1. The second kappa shape index (κ2) is 9.04. The molecule has 1 unspecified atom stereocenters. The summed E-state index contributed by atoms with van der Waals surface area (Å²) in [5, 5.41) is 4.80. The number of fused-ring (bicyclic) bond motifs is 2. The third-order valence-corrected chi connectivity index (χ3v) is 8.15. The second-order valence-electron chi connectivity index (χ2n) is 10.5. The van der Waals surface area contributed by atoms with Gasteiger partial charge in [0.05, 0.1) is 24.7 Å². The number of nitrogens with zero attached hydrogens (tertiary/aromatic N) is 2. The molecule has 2 saturated heterocycles. The number of aromatic amines is 1. The van der Waals surface area contributed by atoms with Gasteiger partial charge in [-0.05, 0) is 66.1 Å². The molecule has 3 aliphatic heterocycles. The van der Waals surface area contributed by atoms with Gasteiger partial charge < -0.3 is 24.7 Å². The zero-order valence-electron chi connectivity index (χ0n) is 20.7. The molecule has 7 nitrogen and oxygen atoms in total. The molecule has 0 bridgehead atoms. The number of aryl methyl sites for hydroxylation is 1. The predicted molar refractivity (Wildman–Crippen MR) is 135 cm³/mol. The molecule has 35 heavy (non-hydrogen) atoms. The molecule has 0 saturated carbocycles. The van der Waals surface area contributed by atoms with Crippen LogP contribution in [0.5, 0.6) is 0 Å². The Hall–Kier alpha value is -2.74. The van der Waals surface area contributed by atoms with Gasteiger partial charge in [-0.2, -0.15) is 0 Å². The molecule has 1 amide bonds. The fourth-order valence-electron chi connectivity index (χ4n) is 5.82. The molecule has 1 atom stereocenters. The number of rotatable bonds is 3. The first-order valence-corrected chi connectivity index (χ1v) is 12.8. The number of carbonyl (C=O) groups is 1. The monoisotopic (exact) mass is 474 g/mol. The van der Waals surface area contributed by atoms with Crippen LogP contribution in [0, 0.1) is 12.3 Å². The van der Waals surface area contributed by atoms with Gasteiger partial charge in [0.2, 0.25) is 5.91 Å². The van der Waals surface area contributed by atoms with Gasteiger partial charge >= 0.3 is 0 Å². The van der Waals surface area contributed by atoms with Crippen molar-refractivity contribution in [1.29, 1.82) is 0 Å². The average molecular weight is 475 g/mol. The number of nitrogens with one attached hydrogen (secondary N) is 2. The molecule has 3 aromatic rings. The topological polar surface area (TPSA) is 79.5 Å². The fraction of sp³-hybridized carbons (Fsp3) is 0.500. The maximum absolute atomic E-state index is 13.6. The third kappa shape index (κ3) is 4.15. The molecule has 2 fully saturated rings. The molecule has 2 N–H and O–H groups in total. The van der Waals surface area contributed by atoms with E-state index in [4.69, 9.17) is 9.47 Å². The van der Waals surface area contributed by atoms with Crippen LogP contribution in [0.25, 0.3) is 22.2 Å². The average Bonchev–Trinajstić information content (AvgIpc) is 3.28. The Morgan fingerprint density at radius 2 is 2.00 bits per heavy atom. The summed E-state index contributed by atoms with van der Waals surface area (Å²) in [6.45, 7) is 9.19. The molecule has 184 valence electrons. The first-order valence-electron chi connectivity index (χ1n) is 12.8. The van der Waals surface area contributed by atoms with Gasteiger partial charge in [-0.15, -0.1) is 0 Å². The van der Waals surface area contributed by atoms with E-state index in [9.17, 15) is 4.79 Å². The number of benzene rings is 1. The van der Waals surface area contributed by atoms with Crippen molar-refractivity contribution in [2.45, 2.75) is 45.7 Å². The summed E-state index contributed by atoms with van der Waals surface area (Å²) in [6.07, 6.45) is 6.42. The van der Waals surface area contributed by atoms with E-state index < -0.39 is 0 Å². The van der Waals surface area contributed by atoms with Crippen LogP contribution in [0.4, 0.5) is 0 Å². The van der Waals surface area contributed by atoms with E-state index in [0.717, 1.165) is 55.6 Å². The number of H-pyrrole nitrogens is 1. The molecule has 6 rings (SSSR count). The first kappa shape index (κ1) is 22.7. The zero-order valence-corrected chi connectivity index (χ0v) is 20.7. The molecule has 0 spiro atoms. The van der Waals surface area contributed by atoms with Crippen LogP contribution >= 0.6 is 0 Å². The lowest BCUT2D eigenvalue weighted by Crippen LogP contribution is -2.47. The van der Waals surface area contributed by atoms with Gasteiger partial charge in [0.25, 0.3) is 0 Å². The maximum Gasteiger partial charge on any atom is 0.228 e. The van der Waals surface area contributed by atoms with Gasteiger partial charge in [-0.1, -0.05) is 13.0 Å². The maximum atomic E-state index is 13.6. The van der Waals surface area contributed by atoms with Gasteiger partial charge in [0, 0.05) is 56.2 Å². The van der Waals surface area contributed by atoms with Crippen molar-refractivity contribution in [3.05, 3.63) is 52.8 Å². The lowest BCUT2D eigenvalue weighted by Gasteiger charge is -2.40. The van der Waals surface area contributed by atoms with Gasteiger partial charge in [0.15, 0.2) is 0 Å². The number of hydrogen-bond acceptors (Lipinski definition) is 5. The molecular weight excluding hydrogens is 440 g/mol. The smallest absolute Gasteiger partial charge is 0.228 e. The minimum Gasteiger partial charge on any atom is -0.381 e. The van der Waals surface area contributed by atoms with Crippen LogP contribution in [0.1, 0.15) is 48.1 Å². The third-order valence-electron chi connectivity index (χ3n) is 8.15. The minimum atomic E-state index is -0.322. The summed E-state index contributed by atoms with van der Waals surface area (Å²) >= 11 is 0. The highest BCUT2D eigenvalue weighted by Crippen LogP contribution is 2.37. The minimum absolute atomic E-state index is 0.122. The van der Waals surface area contributed by atoms with Crippen LogP contribution < -0.4 is 5.32 Å². The van der Waals surface area contributed by atoms with E-state index in [0.29, 0.717) is 26.4 Å². The quantitative estimate of drug-likeness (QED) is 0.602. The fourth-order valence-corrected chi connectivity index (χ4v) is 5.82. The standard InChI is InChI=1S/C28H34N4O3/c1-18-14-30-26-22(18)13-21(15-31-26)20-11-19-3-7-32(27(33)28(2)4-8-34-9-5-28)16-24(19)23(12-20)25-17-35-10-6-29-25/h11-15,25,29H,3-10,16-17H2,1-2H3,(H,30,31). The predicted octanol–water partition coefficient (Wildman–Crippen LogP) is 3.90. The van der Waals surface area contributed by atoms with E-state index in [1.165, 1.54) is 27.8 Å². The normalized spacial score (nSPS) is 22.2. The number of pyridine rings is 1. The van der Waals surface area contributed by atoms with E-state index in [2.05, 4.69) is 52.2 Å². The molecule has 0 aliphatic carbocycles. The van der Waals surface area contributed by atoms with E-state index in [1.54, 1.807) is 0 Å². The van der Waals surface area contributed by atoms with Crippen molar-refractivity contribution in [2.24, 2.45) is 5.41 Å². The Kier molecular flexibility index (Phi) is 5.87. The number of aromatic nitrogens is 2. The first-order chi connectivity index (χ1) is 17.0. The van der Waals surface area contributed by atoms with Gasteiger partial charge in [-0.25, -0.2) is 4.98 Å². The zero-order chi connectivity index (χ0) is 24.0. The van der Waals surface area contributed by atoms with Crippen molar-refractivity contribution >= 4 is 16.9 Å². The Morgan fingerprint density at radius 3 is 2.80 bits per heavy atom. The molecule has 5 heterocycles. The Morgan fingerprint density at radius 1 is 1.14 bits per heavy atom. The van der Waals surface area contributed by atoms with Gasteiger partial charge in [0.1, 0.15) is 5.65 Å². The Balaban J connectivity index is 1.38. The summed E-state index contributed by atoms with van der Waals surface area (Å²) in [5.41, 5.74) is 7.95. The molecule has 3 aliphatic rings. The summed E-state index contributed by atoms with van der Waals surface area (Å²) < 4.78 is 11.4. The molecule has 7 heteroatoms. The highest BCUT2D eigenvalue weighted by molar-refractivity contribution is 5.85. The molecular formula is C28H34N4O3. The number of amides is 1. The summed E-state index contributed by atoms with van der Waals surface area (Å²) in [5.74, 6) is 0.270. The van der Waals surface area contributed by atoms with E-state index in [-0.39, 0.29) is 17.4 Å². The Bertz CT molecular complexity index is 1250. The summed E-state index contributed by atoms with van der Waals surface area (Å²) in [6, 6.07) is 6.96. The van der Waals surface area contributed by atoms with Crippen molar-refractivity contribution < 1.29 is 14.3 Å². The summed E-state index contributed by atoms with van der Waals surface area (Å²) in [4.78, 5) is 23.6. The van der Waals surface area contributed by atoms with Crippen LogP contribution in [0.2, 0.25) is 0 Å². The SMILES string of the molecule is Cc1c[nH]c2ncc(-c3cc4c(c(C5COCCN5)c3)CN(C(=O)C3(C)CCOCC3)CC4)cc12. The molecule has 1 aromatic carbocycles. The summed E-state index contributed by atoms with van der Waals surface area (Å²) in [7, 11) is 0. The van der Waals surface area contributed by atoms with Crippen LogP contribution in [0.15, 0.2) is 30.6 Å². The van der Waals surface area contributed by atoms with Gasteiger partial charge in [-0.3, -0.25) is 4.79 Å². The number of morpholine rings is 1. The van der Waals surface area contributed by atoms with Crippen molar-refractivity contribution in [3.63, 3.8) is 0 Å².